The van der Waals surface area contributed by atoms with Crippen molar-refractivity contribution >= 4 is 23.5 Å². The zero-order valence-corrected chi connectivity index (χ0v) is 20.0. The maximum Gasteiger partial charge on any atom is 0.245 e. The number of rotatable bonds is 13. The van der Waals surface area contributed by atoms with Crippen LogP contribution < -0.4 is 10.6 Å². The Hall–Kier alpha value is -3.36. The molecule has 180 valence electrons. The van der Waals surface area contributed by atoms with Crippen molar-refractivity contribution in [3.63, 3.8) is 0 Å². The van der Waals surface area contributed by atoms with Gasteiger partial charge in [-0.05, 0) is 23.6 Å². The van der Waals surface area contributed by atoms with Crippen LogP contribution in [0.2, 0.25) is 0 Å². The van der Waals surface area contributed by atoms with Gasteiger partial charge in [0.1, 0.15) is 17.9 Å². The summed E-state index contributed by atoms with van der Waals surface area (Å²) in [5.74, 6) is -2.38. The summed E-state index contributed by atoms with van der Waals surface area (Å²) < 4.78 is 0. The number of amides is 3. The number of allylic oxidation sites excluding steroid dienone is 1. The molecule has 0 aliphatic carbocycles. The summed E-state index contributed by atoms with van der Waals surface area (Å²) in [6, 6.07) is 7.45. The van der Waals surface area contributed by atoms with Gasteiger partial charge in [0.15, 0.2) is 0 Å². The van der Waals surface area contributed by atoms with Crippen LogP contribution >= 0.6 is 0 Å². The molecular formula is C24H34N4O5. The monoisotopic (exact) mass is 458 g/mol. The number of hydrogen-bond donors (Lipinski definition) is 2. The Kier molecular flexibility index (Phi) is 11.1. The van der Waals surface area contributed by atoms with Gasteiger partial charge in [-0.2, -0.15) is 0 Å². The Morgan fingerprint density at radius 2 is 1.67 bits per heavy atom. The number of carbonyl (C=O) groups is 4. The topological polar surface area (TPSA) is 125 Å². The van der Waals surface area contributed by atoms with Gasteiger partial charge in [-0.25, -0.2) is 0 Å². The van der Waals surface area contributed by atoms with E-state index in [1.807, 2.05) is 30.3 Å². The fourth-order valence-corrected chi connectivity index (χ4v) is 3.24. The summed E-state index contributed by atoms with van der Waals surface area (Å²) in [5, 5.41) is 8.04. The number of benzene rings is 1. The molecular weight excluding hydrogens is 424 g/mol. The molecule has 9 nitrogen and oxygen atoms in total. The summed E-state index contributed by atoms with van der Waals surface area (Å²) in [6.45, 7) is 9.90. The Morgan fingerprint density at radius 3 is 2.18 bits per heavy atom. The van der Waals surface area contributed by atoms with Crippen LogP contribution in [-0.2, 0) is 25.6 Å². The molecule has 3 unspecified atom stereocenters. The van der Waals surface area contributed by atoms with Gasteiger partial charge in [-0.1, -0.05) is 57.7 Å². The lowest BCUT2D eigenvalue weighted by Crippen LogP contribution is -2.57. The van der Waals surface area contributed by atoms with Crippen LogP contribution in [0.3, 0.4) is 0 Å². The number of ketones is 1. The van der Waals surface area contributed by atoms with Gasteiger partial charge in [-0.3, -0.25) is 19.2 Å². The summed E-state index contributed by atoms with van der Waals surface area (Å²) in [5.41, 5.74) is 0.894. The first-order chi connectivity index (χ1) is 15.5. The van der Waals surface area contributed by atoms with E-state index in [4.69, 9.17) is 0 Å². The predicted octanol–water partition coefficient (Wildman–Crippen LogP) is 2.21. The van der Waals surface area contributed by atoms with Gasteiger partial charge in [0.25, 0.3) is 0 Å². The van der Waals surface area contributed by atoms with Crippen LogP contribution in [0.1, 0.15) is 39.7 Å². The quantitative estimate of drug-likeness (QED) is 0.439. The van der Waals surface area contributed by atoms with Gasteiger partial charge in [-0.15, -0.1) is 4.91 Å². The lowest BCUT2D eigenvalue weighted by Gasteiger charge is -2.33. The highest BCUT2D eigenvalue weighted by atomic mass is 16.3. The van der Waals surface area contributed by atoms with Crippen molar-refractivity contribution in [3.8, 4) is 0 Å². The molecule has 0 heterocycles. The summed E-state index contributed by atoms with van der Waals surface area (Å²) in [7, 11) is 1.51. The lowest BCUT2D eigenvalue weighted by atomic mass is 9.98. The fourth-order valence-electron chi connectivity index (χ4n) is 3.24. The molecule has 0 aromatic heterocycles. The van der Waals surface area contributed by atoms with Gasteiger partial charge < -0.3 is 15.5 Å². The van der Waals surface area contributed by atoms with Crippen LogP contribution in [0.5, 0.6) is 0 Å². The summed E-state index contributed by atoms with van der Waals surface area (Å²) in [4.78, 5) is 62.1. The van der Waals surface area contributed by atoms with E-state index in [0.717, 1.165) is 5.56 Å². The molecule has 0 spiro atoms. The number of hydrogen-bond acceptors (Lipinski definition) is 6. The van der Waals surface area contributed by atoms with Crippen molar-refractivity contribution in [3.05, 3.63) is 53.1 Å². The number of Topliss-reactive ketones (excluding diaryl/α,β-unsaturated/α-hetero) is 1. The van der Waals surface area contributed by atoms with E-state index < -0.39 is 35.7 Å². The zero-order chi connectivity index (χ0) is 25.1. The van der Waals surface area contributed by atoms with Crippen molar-refractivity contribution in [1.82, 2.24) is 15.5 Å². The van der Waals surface area contributed by atoms with Crippen LogP contribution in [0.15, 0.2) is 47.8 Å². The van der Waals surface area contributed by atoms with E-state index in [0.29, 0.717) is 0 Å². The third kappa shape index (κ3) is 8.96. The van der Waals surface area contributed by atoms with Gasteiger partial charge in [0.05, 0.1) is 12.2 Å². The number of nitrogens with zero attached hydrogens (tertiary/aromatic N) is 2. The minimum atomic E-state index is -0.888. The lowest BCUT2D eigenvalue weighted by molar-refractivity contribution is -0.143. The molecule has 0 aliphatic heterocycles. The largest absolute Gasteiger partial charge is 0.347 e. The van der Waals surface area contributed by atoms with Gasteiger partial charge >= 0.3 is 0 Å². The Labute approximate surface area is 195 Å². The van der Waals surface area contributed by atoms with Crippen LogP contribution in [0.4, 0.5) is 0 Å². The second-order valence-electron chi connectivity index (χ2n) is 8.57. The van der Waals surface area contributed by atoms with E-state index >= 15 is 0 Å². The molecule has 33 heavy (non-hydrogen) atoms. The van der Waals surface area contributed by atoms with Crippen molar-refractivity contribution < 1.29 is 19.2 Å². The maximum absolute atomic E-state index is 13.4. The predicted molar refractivity (Wildman–Crippen MR) is 126 cm³/mol. The molecule has 0 aliphatic rings. The molecule has 0 saturated heterocycles. The molecule has 3 atom stereocenters. The van der Waals surface area contributed by atoms with Crippen molar-refractivity contribution in [2.45, 2.75) is 52.6 Å². The van der Waals surface area contributed by atoms with E-state index in [1.165, 1.54) is 18.9 Å². The smallest absolute Gasteiger partial charge is 0.245 e. The Balaban J connectivity index is 3.08. The van der Waals surface area contributed by atoms with E-state index in [2.05, 4.69) is 22.4 Å². The van der Waals surface area contributed by atoms with Crippen LogP contribution in [0, 0.1) is 16.7 Å². The molecule has 1 aromatic rings. The molecule has 0 saturated carbocycles. The van der Waals surface area contributed by atoms with Crippen molar-refractivity contribution in [1.29, 1.82) is 0 Å². The first-order valence-electron chi connectivity index (χ1n) is 10.9. The number of nitroso groups, excluding NO2 is 1. The molecule has 0 radical (unpaired) electrons. The van der Waals surface area contributed by atoms with E-state index in [-0.39, 0.29) is 36.8 Å². The molecule has 1 rings (SSSR count). The molecule has 2 N–H and O–H groups in total. The van der Waals surface area contributed by atoms with E-state index in [9.17, 15) is 24.1 Å². The molecule has 9 heteroatoms. The second-order valence-corrected chi connectivity index (χ2v) is 8.57. The standard InChI is InChI=1S/C24H34N4O5/c1-15(2)21(26-22(30)16(3)12-17(4)27-33)24(32)28(6)20(23(31)25-14-18(5)29)13-19-10-8-7-9-11-19/h7-11,15-16,20-21H,4,12-14H2,1-3,5-6H3,(H,25,31)(H,26,30). The normalized spacial score (nSPS) is 13.4. The summed E-state index contributed by atoms with van der Waals surface area (Å²) in [6.07, 6.45) is 0.321. The third-order valence-electron chi connectivity index (χ3n) is 5.25. The Morgan fingerprint density at radius 1 is 1.06 bits per heavy atom. The highest BCUT2D eigenvalue weighted by molar-refractivity contribution is 5.93. The van der Waals surface area contributed by atoms with Crippen LogP contribution in [-0.4, -0.2) is 54.1 Å². The third-order valence-corrected chi connectivity index (χ3v) is 5.25. The number of likely N-dealkylation sites (N-methyl/N-ethyl adjacent to an activating group) is 1. The average molecular weight is 459 g/mol. The first-order valence-corrected chi connectivity index (χ1v) is 10.9. The first kappa shape index (κ1) is 27.7. The highest BCUT2D eigenvalue weighted by Gasteiger charge is 2.34. The average Bonchev–Trinajstić information content (AvgIpc) is 2.78. The number of carbonyl (C=O) groups excluding carboxylic acids is 4. The second kappa shape index (κ2) is 13.2. The maximum atomic E-state index is 13.4. The Bertz CT molecular complexity index is 869. The minimum Gasteiger partial charge on any atom is -0.347 e. The number of nitrogens with one attached hydrogen (secondary N) is 2. The van der Waals surface area contributed by atoms with Crippen molar-refractivity contribution in [2.24, 2.45) is 17.0 Å². The molecule has 3 amide bonds. The van der Waals surface area contributed by atoms with Crippen molar-refractivity contribution in [2.75, 3.05) is 13.6 Å². The molecule has 0 bridgehead atoms. The molecule has 1 aromatic carbocycles. The van der Waals surface area contributed by atoms with Gasteiger partial charge in [0.2, 0.25) is 17.7 Å². The van der Waals surface area contributed by atoms with Crippen LogP contribution in [0.25, 0.3) is 0 Å². The summed E-state index contributed by atoms with van der Waals surface area (Å²) >= 11 is 0. The van der Waals surface area contributed by atoms with E-state index in [1.54, 1.807) is 20.8 Å². The molecule has 0 fully saturated rings. The highest BCUT2D eigenvalue weighted by Crippen LogP contribution is 2.15. The fraction of sp³-hybridized carbons (Fsp3) is 0.500. The SMILES string of the molecule is C=C(CC(C)C(=O)NC(C(=O)N(C)C(Cc1ccccc1)C(=O)NCC(C)=O)C(C)C)N=O. The van der Waals surface area contributed by atoms with Gasteiger partial charge in [0, 0.05) is 25.8 Å². The minimum absolute atomic E-state index is 0.0484. The zero-order valence-electron chi connectivity index (χ0n) is 20.0.